The van der Waals surface area contributed by atoms with Gasteiger partial charge in [0.25, 0.3) is 0 Å². The quantitative estimate of drug-likeness (QED) is 0.785. The van der Waals surface area contributed by atoms with Gasteiger partial charge in [-0.3, -0.25) is 4.68 Å². The van der Waals surface area contributed by atoms with E-state index in [1.165, 1.54) is 11.3 Å². The summed E-state index contributed by atoms with van der Waals surface area (Å²) in [5.41, 5.74) is 5.46. The van der Waals surface area contributed by atoms with E-state index in [-0.39, 0.29) is 6.61 Å². The van der Waals surface area contributed by atoms with Gasteiger partial charge in [0.05, 0.1) is 18.9 Å². The molecule has 0 saturated heterocycles. The van der Waals surface area contributed by atoms with Crippen LogP contribution < -0.4 is 10.1 Å². The van der Waals surface area contributed by atoms with Crippen molar-refractivity contribution in [2.45, 2.75) is 46.8 Å². The average molecular weight is 317 g/mol. The third kappa shape index (κ3) is 3.85. The number of benzene rings is 1. The Hall–Kier alpha value is -2.01. The highest BCUT2D eigenvalue weighted by Gasteiger charge is 2.13. The van der Waals surface area contributed by atoms with Crippen molar-refractivity contribution in [1.82, 2.24) is 9.78 Å². The second-order valence-corrected chi connectivity index (χ2v) is 5.47. The summed E-state index contributed by atoms with van der Waals surface area (Å²) in [4.78, 5) is 0. The number of nitrogens with zero attached hydrogens (tertiary/aromatic N) is 2. The van der Waals surface area contributed by atoms with E-state index in [4.69, 9.17) is 4.74 Å². The maximum absolute atomic E-state index is 9.50. The van der Waals surface area contributed by atoms with Crippen molar-refractivity contribution in [2.24, 2.45) is 7.05 Å². The molecule has 0 fully saturated rings. The standard InChI is InChI=1S/C18H27N3O2/c1-5-16-15(17(6-2)21(4)20-16)11-19-14-8-9-18(23-7-3)13(10-14)12-22/h8-10,19,22H,5-7,11-12H2,1-4H3. The van der Waals surface area contributed by atoms with Crippen LogP contribution in [0.25, 0.3) is 0 Å². The second-order valence-electron chi connectivity index (χ2n) is 5.47. The summed E-state index contributed by atoms with van der Waals surface area (Å²) in [6, 6.07) is 5.83. The Morgan fingerprint density at radius 3 is 2.61 bits per heavy atom. The summed E-state index contributed by atoms with van der Waals surface area (Å²) in [6.07, 6.45) is 1.89. The van der Waals surface area contributed by atoms with Gasteiger partial charge < -0.3 is 15.2 Å². The van der Waals surface area contributed by atoms with E-state index in [0.717, 1.165) is 42.1 Å². The number of aromatic nitrogens is 2. The first-order valence-corrected chi connectivity index (χ1v) is 8.28. The summed E-state index contributed by atoms with van der Waals surface area (Å²) in [6.45, 7) is 7.52. The van der Waals surface area contributed by atoms with Gasteiger partial charge in [0, 0.05) is 36.1 Å². The molecule has 5 heteroatoms. The summed E-state index contributed by atoms with van der Waals surface area (Å²) >= 11 is 0. The van der Waals surface area contributed by atoms with Crippen LogP contribution in [0, 0.1) is 0 Å². The maximum Gasteiger partial charge on any atom is 0.124 e. The fraction of sp³-hybridized carbons (Fsp3) is 0.500. The van der Waals surface area contributed by atoms with Gasteiger partial charge in [-0.05, 0) is 38.0 Å². The van der Waals surface area contributed by atoms with Gasteiger partial charge in [-0.25, -0.2) is 0 Å². The molecule has 0 saturated carbocycles. The largest absolute Gasteiger partial charge is 0.494 e. The van der Waals surface area contributed by atoms with Crippen molar-refractivity contribution < 1.29 is 9.84 Å². The molecule has 0 radical (unpaired) electrons. The van der Waals surface area contributed by atoms with Gasteiger partial charge >= 0.3 is 0 Å². The molecule has 0 spiro atoms. The van der Waals surface area contributed by atoms with Crippen molar-refractivity contribution in [1.29, 1.82) is 0 Å². The van der Waals surface area contributed by atoms with Crippen molar-refractivity contribution >= 4 is 5.69 Å². The number of hydrogen-bond donors (Lipinski definition) is 2. The Kier molecular flexibility index (Phi) is 6.04. The van der Waals surface area contributed by atoms with Crippen LogP contribution in [-0.4, -0.2) is 21.5 Å². The molecule has 2 aromatic rings. The molecule has 0 bridgehead atoms. The Morgan fingerprint density at radius 1 is 1.22 bits per heavy atom. The molecule has 5 nitrogen and oxygen atoms in total. The maximum atomic E-state index is 9.50. The number of hydrogen-bond acceptors (Lipinski definition) is 4. The summed E-state index contributed by atoms with van der Waals surface area (Å²) < 4.78 is 7.50. The minimum atomic E-state index is -0.0296. The number of rotatable bonds is 8. The highest BCUT2D eigenvalue weighted by molar-refractivity contribution is 5.51. The second kappa shape index (κ2) is 8.02. The molecular formula is C18H27N3O2. The monoisotopic (exact) mass is 317 g/mol. The first-order chi connectivity index (χ1) is 11.1. The lowest BCUT2D eigenvalue weighted by Crippen LogP contribution is -2.06. The number of aliphatic hydroxyl groups excluding tert-OH is 1. The summed E-state index contributed by atoms with van der Waals surface area (Å²) in [7, 11) is 2.00. The molecule has 0 aliphatic heterocycles. The van der Waals surface area contributed by atoms with Crippen LogP contribution in [0.5, 0.6) is 5.75 Å². The lowest BCUT2D eigenvalue weighted by molar-refractivity contribution is 0.267. The minimum Gasteiger partial charge on any atom is -0.494 e. The number of aryl methyl sites for hydroxylation is 2. The smallest absolute Gasteiger partial charge is 0.124 e. The number of ether oxygens (including phenoxy) is 1. The lowest BCUT2D eigenvalue weighted by atomic mass is 10.1. The van der Waals surface area contributed by atoms with Crippen molar-refractivity contribution in [3.05, 3.63) is 40.7 Å². The minimum absolute atomic E-state index is 0.0296. The Bertz CT molecular complexity index is 650. The van der Waals surface area contributed by atoms with E-state index >= 15 is 0 Å². The number of aliphatic hydroxyl groups is 1. The highest BCUT2D eigenvalue weighted by atomic mass is 16.5. The van der Waals surface area contributed by atoms with E-state index in [9.17, 15) is 5.11 Å². The Labute approximate surface area is 138 Å². The molecule has 1 heterocycles. The van der Waals surface area contributed by atoms with Gasteiger partial charge in [-0.1, -0.05) is 13.8 Å². The van der Waals surface area contributed by atoms with Crippen molar-refractivity contribution in [3.8, 4) is 5.75 Å². The zero-order chi connectivity index (χ0) is 16.8. The molecule has 0 unspecified atom stereocenters. The third-order valence-corrected chi connectivity index (χ3v) is 4.03. The van der Waals surface area contributed by atoms with E-state index in [0.29, 0.717) is 6.61 Å². The molecule has 126 valence electrons. The lowest BCUT2D eigenvalue weighted by Gasteiger charge is -2.13. The molecular weight excluding hydrogens is 290 g/mol. The van der Waals surface area contributed by atoms with Crippen LogP contribution >= 0.6 is 0 Å². The fourth-order valence-electron chi connectivity index (χ4n) is 2.89. The van der Waals surface area contributed by atoms with Crippen LogP contribution in [0.3, 0.4) is 0 Å². The molecule has 0 aliphatic rings. The average Bonchev–Trinajstić information content (AvgIpc) is 2.88. The van der Waals surface area contributed by atoms with Crippen LogP contribution in [0.15, 0.2) is 18.2 Å². The van der Waals surface area contributed by atoms with Crippen LogP contribution in [0.2, 0.25) is 0 Å². The highest BCUT2D eigenvalue weighted by Crippen LogP contribution is 2.24. The fourth-order valence-corrected chi connectivity index (χ4v) is 2.89. The van der Waals surface area contributed by atoms with Gasteiger partial charge in [0.2, 0.25) is 0 Å². The topological polar surface area (TPSA) is 59.3 Å². The van der Waals surface area contributed by atoms with E-state index < -0.39 is 0 Å². The summed E-state index contributed by atoms with van der Waals surface area (Å²) in [5.74, 6) is 0.741. The van der Waals surface area contributed by atoms with Crippen LogP contribution in [-0.2, 0) is 33.0 Å². The first kappa shape index (κ1) is 17.3. The predicted octanol–water partition coefficient (Wildman–Crippen LogP) is 3.05. The molecule has 1 aromatic heterocycles. The number of nitrogens with one attached hydrogen (secondary N) is 1. The van der Waals surface area contributed by atoms with E-state index in [2.05, 4.69) is 24.3 Å². The summed E-state index contributed by atoms with van der Waals surface area (Å²) in [5, 5.41) is 17.6. The van der Waals surface area contributed by atoms with Gasteiger partial charge in [-0.15, -0.1) is 0 Å². The van der Waals surface area contributed by atoms with Crippen molar-refractivity contribution in [3.63, 3.8) is 0 Å². The van der Waals surface area contributed by atoms with E-state index in [1.54, 1.807) is 0 Å². The van der Waals surface area contributed by atoms with Gasteiger partial charge in [-0.2, -0.15) is 5.10 Å². The third-order valence-electron chi connectivity index (χ3n) is 4.03. The zero-order valence-corrected chi connectivity index (χ0v) is 14.5. The molecule has 1 aromatic carbocycles. The van der Waals surface area contributed by atoms with Gasteiger partial charge in [0.15, 0.2) is 0 Å². The molecule has 0 aliphatic carbocycles. The zero-order valence-electron chi connectivity index (χ0n) is 14.5. The predicted molar refractivity (Wildman–Crippen MR) is 92.8 cm³/mol. The Balaban J connectivity index is 2.18. The SMILES string of the molecule is CCOc1ccc(NCc2c(CC)nn(C)c2CC)cc1CO. The van der Waals surface area contributed by atoms with Crippen LogP contribution in [0.4, 0.5) is 5.69 Å². The molecule has 2 N–H and O–H groups in total. The van der Waals surface area contributed by atoms with Crippen LogP contribution in [0.1, 0.15) is 43.3 Å². The number of anilines is 1. The molecule has 2 rings (SSSR count). The molecule has 23 heavy (non-hydrogen) atoms. The molecule has 0 amide bonds. The normalized spacial score (nSPS) is 10.8. The van der Waals surface area contributed by atoms with E-state index in [1.807, 2.05) is 36.9 Å². The van der Waals surface area contributed by atoms with Gasteiger partial charge in [0.1, 0.15) is 5.75 Å². The first-order valence-electron chi connectivity index (χ1n) is 8.28. The van der Waals surface area contributed by atoms with Crippen molar-refractivity contribution in [2.75, 3.05) is 11.9 Å². The molecule has 0 atom stereocenters. The Morgan fingerprint density at radius 2 is 2.00 bits per heavy atom.